The number of methoxy groups -OCH3 is 1. The highest BCUT2D eigenvalue weighted by molar-refractivity contribution is 5.98. The zero-order valence-corrected chi connectivity index (χ0v) is 18.0. The summed E-state index contributed by atoms with van der Waals surface area (Å²) in [6.45, 7) is 6.56. The molecule has 0 radical (unpaired) electrons. The molecule has 2 atom stereocenters. The quantitative estimate of drug-likeness (QED) is 0.674. The summed E-state index contributed by atoms with van der Waals surface area (Å²) in [5, 5.41) is 14.6. The lowest BCUT2D eigenvalue weighted by molar-refractivity contribution is -0.179. The predicted octanol–water partition coefficient (Wildman–Crippen LogP) is 3.82. The summed E-state index contributed by atoms with van der Waals surface area (Å²) in [7, 11) is 1.15. The first-order valence-electron chi connectivity index (χ1n) is 9.63. The van der Waals surface area contributed by atoms with Crippen molar-refractivity contribution in [3.05, 3.63) is 72.3 Å². The van der Waals surface area contributed by atoms with Crippen LogP contribution in [0.15, 0.2) is 66.7 Å². The van der Waals surface area contributed by atoms with Gasteiger partial charge in [0.15, 0.2) is 5.54 Å². The molecule has 0 aliphatic rings. The van der Waals surface area contributed by atoms with Crippen molar-refractivity contribution in [3.8, 4) is 0 Å². The second-order valence-electron chi connectivity index (χ2n) is 8.12. The van der Waals surface area contributed by atoms with Gasteiger partial charge in [0.2, 0.25) is 5.60 Å². The van der Waals surface area contributed by atoms with Gasteiger partial charge in [0.25, 0.3) is 0 Å². The third-order valence-electron chi connectivity index (χ3n) is 4.55. The topological polar surface area (TPSA) is 84.9 Å². The molecule has 2 aromatic rings. The molecule has 0 unspecified atom stereocenters. The number of carbonyl (C=O) groups is 2. The number of rotatable bonds is 7. The second-order valence-corrected chi connectivity index (χ2v) is 8.12. The number of esters is 2. The maximum atomic E-state index is 13.3. The largest absolute Gasteiger partial charge is 0.467 e. The molecule has 0 bridgehead atoms. The van der Waals surface area contributed by atoms with Crippen molar-refractivity contribution in [3.63, 3.8) is 0 Å². The average molecular weight is 411 g/mol. The molecule has 6 nitrogen and oxygen atoms in total. The van der Waals surface area contributed by atoms with Crippen molar-refractivity contribution >= 4 is 23.7 Å². The smallest absolute Gasteiger partial charge is 0.345 e. The van der Waals surface area contributed by atoms with Crippen LogP contribution >= 0.6 is 0 Å². The summed E-state index contributed by atoms with van der Waals surface area (Å²) in [6.07, 6.45) is 2.82. The highest BCUT2D eigenvalue weighted by Gasteiger charge is 2.59. The number of nitrogens with one attached hydrogen (secondary N) is 1. The van der Waals surface area contributed by atoms with E-state index in [-0.39, 0.29) is 0 Å². The minimum Gasteiger partial charge on any atom is -0.467 e. The van der Waals surface area contributed by atoms with E-state index in [0.29, 0.717) is 5.69 Å². The molecule has 0 saturated carbocycles. The maximum Gasteiger partial charge on any atom is 0.345 e. The molecule has 0 aliphatic carbocycles. The van der Waals surface area contributed by atoms with E-state index in [9.17, 15) is 14.7 Å². The number of para-hydroxylation sites is 1. The van der Waals surface area contributed by atoms with Gasteiger partial charge in [-0.2, -0.15) is 0 Å². The second kappa shape index (κ2) is 9.13. The van der Waals surface area contributed by atoms with Gasteiger partial charge in [0.1, 0.15) is 5.60 Å². The lowest BCUT2D eigenvalue weighted by Gasteiger charge is -2.41. The van der Waals surface area contributed by atoms with Crippen molar-refractivity contribution < 1.29 is 24.2 Å². The van der Waals surface area contributed by atoms with Crippen LogP contribution in [-0.4, -0.2) is 40.9 Å². The van der Waals surface area contributed by atoms with Crippen LogP contribution < -0.4 is 5.32 Å². The molecule has 0 fully saturated rings. The van der Waals surface area contributed by atoms with E-state index in [0.717, 1.165) is 12.7 Å². The lowest BCUT2D eigenvalue weighted by Crippen LogP contribution is -2.66. The molecule has 2 aromatic carbocycles. The summed E-state index contributed by atoms with van der Waals surface area (Å²) >= 11 is 0. The minimum atomic E-state index is -2.37. The molecule has 0 saturated heterocycles. The van der Waals surface area contributed by atoms with Gasteiger partial charge in [-0.3, -0.25) is 0 Å². The molecular weight excluding hydrogens is 382 g/mol. The Morgan fingerprint density at radius 1 is 0.900 bits per heavy atom. The molecule has 2 N–H and O–H groups in total. The van der Waals surface area contributed by atoms with Gasteiger partial charge in [-0.1, -0.05) is 54.6 Å². The zero-order valence-electron chi connectivity index (χ0n) is 18.0. The fraction of sp³-hybridized carbons (Fsp3) is 0.333. The van der Waals surface area contributed by atoms with Gasteiger partial charge in [0.05, 0.1) is 7.11 Å². The van der Waals surface area contributed by atoms with Crippen LogP contribution in [0.3, 0.4) is 0 Å². The third-order valence-corrected chi connectivity index (χ3v) is 4.55. The Labute approximate surface area is 177 Å². The molecule has 0 heterocycles. The highest BCUT2D eigenvalue weighted by atomic mass is 16.6. The van der Waals surface area contributed by atoms with E-state index in [1.165, 1.54) is 13.0 Å². The van der Waals surface area contributed by atoms with Gasteiger partial charge in [-0.25, -0.2) is 9.59 Å². The van der Waals surface area contributed by atoms with E-state index < -0.39 is 28.7 Å². The molecular formula is C24H29NO5. The van der Waals surface area contributed by atoms with Crippen LogP contribution in [0.1, 0.15) is 33.3 Å². The zero-order chi connectivity index (χ0) is 22.4. The Morgan fingerprint density at radius 2 is 1.43 bits per heavy atom. The summed E-state index contributed by atoms with van der Waals surface area (Å²) < 4.78 is 10.4. The van der Waals surface area contributed by atoms with Crippen molar-refractivity contribution in [2.45, 2.75) is 44.4 Å². The molecule has 0 aromatic heterocycles. The van der Waals surface area contributed by atoms with E-state index in [1.54, 1.807) is 51.1 Å². The fourth-order valence-corrected chi connectivity index (χ4v) is 2.87. The monoisotopic (exact) mass is 411 g/mol. The Hall–Kier alpha value is -3.12. The predicted molar refractivity (Wildman–Crippen MR) is 117 cm³/mol. The third kappa shape index (κ3) is 5.27. The minimum absolute atomic E-state index is 0.529. The van der Waals surface area contributed by atoms with Gasteiger partial charge in [-0.05, 0) is 51.5 Å². The molecule has 0 aliphatic heterocycles. The molecule has 30 heavy (non-hydrogen) atoms. The normalized spacial score (nSPS) is 15.7. The number of aliphatic hydroxyl groups is 1. The molecule has 160 valence electrons. The van der Waals surface area contributed by atoms with Gasteiger partial charge >= 0.3 is 11.9 Å². The van der Waals surface area contributed by atoms with Crippen LogP contribution in [0.5, 0.6) is 0 Å². The average Bonchev–Trinajstić information content (AvgIpc) is 2.71. The Kier molecular flexibility index (Phi) is 7.05. The standard InChI is InChI=1S/C24H29NO5/c1-22(2,3)30-20(26)23(4,25-19-14-10-7-11-15-19)24(28,21(27)29-5)17-16-18-12-8-6-9-13-18/h6-17,25,28H,1-5H3/b17-16+/t23-,24+/m1/s1. The van der Waals surface area contributed by atoms with Gasteiger partial charge in [-0.15, -0.1) is 0 Å². The Bertz CT molecular complexity index is 889. The molecule has 2 rings (SSSR count). The fourth-order valence-electron chi connectivity index (χ4n) is 2.87. The number of anilines is 1. The first kappa shape index (κ1) is 23.2. The SMILES string of the molecule is COC(=O)[C@@](O)(/C=C/c1ccccc1)[C@](C)(Nc1ccccc1)C(=O)OC(C)(C)C. The lowest BCUT2D eigenvalue weighted by atomic mass is 9.79. The van der Waals surface area contributed by atoms with Crippen LogP contribution in [0, 0.1) is 0 Å². The molecule has 0 amide bonds. The Morgan fingerprint density at radius 3 is 1.93 bits per heavy atom. The van der Waals surface area contributed by atoms with Crippen LogP contribution in [0.2, 0.25) is 0 Å². The summed E-state index contributed by atoms with van der Waals surface area (Å²) in [5.41, 5.74) is -3.82. The number of hydrogen-bond donors (Lipinski definition) is 2. The van der Waals surface area contributed by atoms with E-state index in [4.69, 9.17) is 9.47 Å². The molecule has 6 heteroatoms. The number of benzene rings is 2. The summed E-state index contributed by atoms with van der Waals surface area (Å²) in [5.74, 6) is -1.80. The van der Waals surface area contributed by atoms with Crippen molar-refractivity contribution in [2.24, 2.45) is 0 Å². The summed E-state index contributed by atoms with van der Waals surface area (Å²) in [4.78, 5) is 26.1. The van der Waals surface area contributed by atoms with E-state index in [2.05, 4.69) is 5.32 Å². The Balaban J connectivity index is 2.60. The number of ether oxygens (including phenoxy) is 2. The van der Waals surface area contributed by atoms with Gasteiger partial charge < -0.3 is 19.9 Å². The highest BCUT2D eigenvalue weighted by Crippen LogP contribution is 2.33. The first-order chi connectivity index (χ1) is 14.0. The van der Waals surface area contributed by atoms with E-state index >= 15 is 0 Å². The number of hydrogen-bond acceptors (Lipinski definition) is 6. The van der Waals surface area contributed by atoms with Crippen molar-refractivity contribution in [1.29, 1.82) is 0 Å². The van der Waals surface area contributed by atoms with Gasteiger partial charge in [0, 0.05) is 5.69 Å². The van der Waals surface area contributed by atoms with Crippen LogP contribution in [0.4, 0.5) is 5.69 Å². The maximum absolute atomic E-state index is 13.3. The van der Waals surface area contributed by atoms with Crippen LogP contribution in [-0.2, 0) is 19.1 Å². The summed E-state index contributed by atoms with van der Waals surface area (Å²) in [6, 6.07) is 17.9. The van der Waals surface area contributed by atoms with Crippen LogP contribution in [0.25, 0.3) is 6.08 Å². The van der Waals surface area contributed by atoms with Crippen molar-refractivity contribution in [1.82, 2.24) is 0 Å². The number of carbonyl (C=O) groups excluding carboxylic acids is 2. The molecule has 0 spiro atoms. The van der Waals surface area contributed by atoms with Crippen molar-refractivity contribution in [2.75, 3.05) is 12.4 Å². The first-order valence-corrected chi connectivity index (χ1v) is 9.63. The van der Waals surface area contributed by atoms with E-state index in [1.807, 2.05) is 36.4 Å².